The number of rotatable bonds is 6. The SMILES string of the molecule is CCc1c(NN)ncnc1NCCc1nccn1C. The monoisotopic (exact) mass is 261 g/mol. The average molecular weight is 261 g/mol. The average Bonchev–Trinajstić information content (AvgIpc) is 2.84. The van der Waals surface area contributed by atoms with E-state index in [0.29, 0.717) is 5.82 Å². The molecule has 102 valence electrons. The van der Waals surface area contributed by atoms with Crippen molar-refractivity contribution >= 4 is 11.6 Å². The first-order valence-electron chi connectivity index (χ1n) is 6.26. The summed E-state index contributed by atoms with van der Waals surface area (Å²) in [6.07, 6.45) is 6.88. The molecule has 0 saturated carbocycles. The second-order valence-electron chi connectivity index (χ2n) is 4.18. The Morgan fingerprint density at radius 1 is 1.26 bits per heavy atom. The Balaban J connectivity index is 2.01. The number of nitrogen functional groups attached to an aromatic ring is 1. The number of aromatic nitrogens is 4. The van der Waals surface area contributed by atoms with E-state index in [9.17, 15) is 0 Å². The smallest absolute Gasteiger partial charge is 0.148 e. The van der Waals surface area contributed by atoms with Gasteiger partial charge in [-0.05, 0) is 6.42 Å². The Morgan fingerprint density at radius 2 is 2.05 bits per heavy atom. The number of nitrogens with one attached hydrogen (secondary N) is 2. The highest BCUT2D eigenvalue weighted by Gasteiger charge is 2.08. The molecule has 0 radical (unpaired) electrons. The van der Waals surface area contributed by atoms with E-state index in [1.165, 1.54) is 6.33 Å². The molecule has 2 rings (SSSR count). The molecular formula is C12H19N7. The fourth-order valence-electron chi connectivity index (χ4n) is 1.95. The number of nitrogens with two attached hydrogens (primary N) is 1. The van der Waals surface area contributed by atoms with Gasteiger partial charge < -0.3 is 15.3 Å². The lowest BCUT2D eigenvalue weighted by Crippen LogP contribution is -2.15. The normalized spacial score (nSPS) is 10.5. The van der Waals surface area contributed by atoms with Crippen LogP contribution in [-0.2, 0) is 19.9 Å². The maximum absolute atomic E-state index is 5.44. The summed E-state index contributed by atoms with van der Waals surface area (Å²) in [6.45, 7) is 2.81. The molecule has 0 aromatic carbocycles. The molecule has 0 bridgehead atoms. The highest BCUT2D eigenvalue weighted by atomic mass is 15.3. The highest BCUT2D eigenvalue weighted by molar-refractivity contribution is 5.56. The van der Waals surface area contributed by atoms with E-state index < -0.39 is 0 Å². The van der Waals surface area contributed by atoms with Crippen LogP contribution in [0.15, 0.2) is 18.7 Å². The fraction of sp³-hybridized carbons (Fsp3) is 0.417. The van der Waals surface area contributed by atoms with Crippen LogP contribution < -0.4 is 16.6 Å². The Morgan fingerprint density at radius 3 is 2.68 bits per heavy atom. The Hall–Kier alpha value is -2.15. The molecule has 0 amide bonds. The van der Waals surface area contributed by atoms with E-state index in [0.717, 1.165) is 36.6 Å². The molecule has 0 aliphatic heterocycles. The van der Waals surface area contributed by atoms with Crippen molar-refractivity contribution in [2.45, 2.75) is 19.8 Å². The standard InChI is InChI=1S/C12H19N7/c1-3-9-11(16-8-17-12(9)18-13)15-5-4-10-14-6-7-19(10)2/h6-8H,3-5,13H2,1-2H3,(H2,15,16,17,18). The van der Waals surface area contributed by atoms with Crippen molar-refractivity contribution in [3.8, 4) is 0 Å². The first kappa shape index (κ1) is 13.3. The van der Waals surface area contributed by atoms with Gasteiger partial charge in [-0.3, -0.25) is 0 Å². The van der Waals surface area contributed by atoms with Crippen molar-refractivity contribution in [3.63, 3.8) is 0 Å². The van der Waals surface area contributed by atoms with Gasteiger partial charge >= 0.3 is 0 Å². The van der Waals surface area contributed by atoms with Crippen molar-refractivity contribution in [2.24, 2.45) is 12.9 Å². The van der Waals surface area contributed by atoms with Crippen LogP contribution in [0.4, 0.5) is 11.6 Å². The topological polar surface area (TPSA) is 93.7 Å². The summed E-state index contributed by atoms with van der Waals surface area (Å²) in [6, 6.07) is 0. The molecule has 0 fully saturated rings. The molecule has 0 aliphatic carbocycles. The molecule has 7 nitrogen and oxygen atoms in total. The number of hydrogen-bond acceptors (Lipinski definition) is 6. The Bertz CT molecular complexity index is 535. The minimum Gasteiger partial charge on any atom is -0.369 e. The van der Waals surface area contributed by atoms with Gasteiger partial charge in [-0.1, -0.05) is 6.92 Å². The van der Waals surface area contributed by atoms with Crippen LogP contribution in [-0.4, -0.2) is 26.1 Å². The number of anilines is 2. The van der Waals surface area contributed by atoms with Crippen molar-refractivity contribution in [3.05, 3.63) is 30.1 Å². The zero-order valence-corrected chi connectivity index (χ0v) is 11.2. The first-order valence-corrected chi connectivity index (χ1v) is 6.26. The van der Waals surface area contributed by atoms with E-state index in [1.807, 2.05) is 24.7 Å². The third-order valence-electron chi connectivity index (χ3n) is 3.00. The van der Waals surface area contributed by atoms with Gasteiger partial charge in [0.05, 0.1) is 0 Å². The van der Waals surface area contributed by atoms with Crippen molar-refractivity contribution < 1.29 is 0 Å². The maximum Gasteiger partial charge on any atom is 0.148 e. The Kier molecular flexibility index (Phi) is 4.30. The van der Waals surface area contributed by atoms with Crippen LogP contribution in [0.2, 0.25) is 0 Å². The zero-order valence-electron chi connectivity index (χ0n) is 11.2. The van der Waals surface area contributed by atoms with Gasteiger partial charge in [-0.2, -0.15) is 0 Å². The largest absolute Gasteiger partial charge is 0.369 e. The maximum atomic E-state index is 5.44. The van der Waals surface area contributed by atoms with E-state index in [-0.39, 0.29) is 0 Å². The number of hydrazine groups is 1. The van der Waals surface area contributed by atoms with Crippen LogP contribution in [0.5, 0.6) is 0 Å². The van der Waals surface area contributed by atoms with E-state index >= 15 is 0 Å². The van der Waals surface area contributed by atoms with Gasteiger partial charge in [-0.25, -0.2) is 20.8 Å². The van der Waals surface area contributed by atoms with Gasteiger partial charge in [0.25, 0.3) is 0 Å². The molecule has 19 heavy (non-hydrogen) atoms. The van der Waals surface area contributed by atoms with Crippen LogP contribution in [0.1, 0.15) is 18.3 Å². The molecule has 0 saturated heterocycles. The first-order chi connectivity index (χ1) is 9.26. The number of hydrogen-bond donors (Lipinski definition) is 3. The molecule has 0 unspecified atom stereocenters. The highest BCUT2D eigenvalue weighted by Crippen LogP contribution is 2.19. The summed E-state index contributed by atoms with van der Waals surface area (Å²) in [5.74, 6) is 7.96. The van der Waals surface area contributed by atoms with E-state index in [2.05, 4.69) is 25.7 Å². The summed E-state index contributed by atoms with van der Waals surface area (Å²) in [4.78, 5) is 12.6. The third kappa shape index (κ3) is 3.00. The quantitative estimate of drug-likeness (QED) is 0.524. The van der Waals surface area contributed by atoms with Crippen molar-refractivity contribution in [1.29, 1.82) is 0 Å². The molecule has 0 atom stereocenters. The van der Waals surface area contributed by atoms with Crippen LogP contribution in [0.25, 0.3) is 0 Å². The molecule has 4 N–H and O–H groups in total. The molecule has 7 heteroatoms. The van der Waals surface area contributed by atoms with Gasteiger partial charge in [0.2, 0.25) is 0 Å². The van der Waals surface area contributed by atoms with Gasteiger partial charge in [-0.15, -0.1) is 0 Å². The lowest BCUT2D eigenvalue weighted by atomic mass is 10.2. The summed E-state index contributed by atoms with van der Waals surface area (Å²) in [5, 5.41) is 3.30. The molecule has 2 aromatic rings. The van der Waals surface area contributed by atoms with Crippen LogP contribution in [0, 0.1) is 0 Å². The van der Waals surface area contributed by atoms with E-state index in [1.54, 1.807) is 6.20 Å². The minimum atomic E-state index is 0.664. The fourth-order valence-corrected chi connectivity index (χ4v) is 1.95. The molecule has 2 heterocycles. The molecule has 0 aliphatic rings. The molecule has 0 spiro atoms. The minimum absolute atomic E-state index is 0.664. The second kappa shape index (κ2) is 6.14. The lowest BCUT2D eigenvalue weighted by molar-refractivity contribution is 0.787. The van der Waals surface area contributed by atoms with Gasteiger partial charge in [0.1, 0.15) is 23.8 Å². The van der Waals surface area contributed by atoms with E-state index in [4.69, 9.17) is 5.84 Å². The predicted molar refractivity (Wildman–Crippen MR) is 74.6 cm³/mol. The predicted octanol–water partition coefficient (Wildman–Crippen LogP) is 0.713. The number of imidazole rings is 1. The van der Waals surface area contributed by atoms with Gasteiger partial charge in [0.15, 0.2) is 0 Å². The second-order valence-corrected chi connectivity index (χ2v) is 4.18. The number of nitrogens with zero attached hydrogens (tertiary/aromatic N) is 4. The third-order valence-corrected chi connectivity index (χ3v) is 3.00. The van der Waals surface area contributed by atoms with Crippen LogP contribution in [0.3, 0.4) is 0 Å². The summed E-state index contributed by atoms with van der Waals surface area (Å²) in [7, 11) is 1.99. The summed E-state index contributed by atoms with van der Waals surface area (Å²) in [5.41, 5.74) is 3.58. The number of aryl methyl sites for hydroxylation is 1. The summed E-state index contributed by atoms with van der Waals surface area (Å²) >= 11 is 0. The summed E-state index contributed by atoms with van der Waals surface area (Å²) < 4.78 is 2.01. The Labute approximate surface area is 112 Å². The molecular weight excluding hydrogens is 242 g/mol. The zero-order chi connectivity index (χ0) is 13.7. The van der Waals surface area contributed by atoms with Crippen molar-refractivity contribution in [1.82, 2.24) is 19.5 Å². The van der Waals surface area contributed by atoms with Gasteiger partial charge in [0, 0.05) is 38.0 Å². The molecule has 2 aromatic heterocycles. The van der Waals surface area contributed by atoms with Crippen LogP contribution >= 0.6 is 0 Å². The lowest BCUT2D eigenvalue weighted by Gasteiger charge is -2.12. The van der Waals surface area contributed by atoms with Crippen molar-refractivity contribution in [2.75, 3.05) is 17.3 Å².